The number of esters is 1. The fourth-order valence-electron chi connectivity index (χ4n) is 1.76. The number of fused-ring (bicyclic) bond motifs is 1. The highest BCUT2D eigenvalue weighted by molar-refractivity contribution is 5.98. The van der Waals surface area contributed by atoms with Crippen LogP contribution >= 0.6 is 0 Å². The Morgan fingerprint density at radius 1 is 1.21 bits per heavy atom. The van der Waals surface area contributed by atoms with Crippen LogP contribution in [-0.2, 0) is 10.9 Å². The van der Waals surface area contributed by atoms with E-state index in [9.17, 15) is 23.1 Å². The number of methoxy groups -OCH3 is 1. The number of aromatic hydroxyl groups is 1. The van der Waals surface area contributed by atoms with Gasteiger partial charge in [0.1, 0.15) is 5.75 Å². The summed E-state index contributed by atoms with van der Waals surface area (Å²) in [6.45, 7) is 0. The molecule has 2 aromatic rings. The van der Waals surface area contributed by atoms with Crippen LogP contribution in [0, 0.1) is 0 Å². The molecule has 0 fully saturated rings. The van der Waals surface area contributed by atoms with E-state index in [4.69, 9.17) is 0 Å². The third-order valence-electron chi connectivity index (χ3n) is 2.68. The maximum Gasteiger partial charge on any atom is 0.416 e. The molecule has 0 unspecified atom stereocenters. The van der Waals surface area contributed by atoms with Gasteiger partial charge in [-0.3, -0.25) is 0 Å². The number of carbonyl (C=O) groups is 1. The van der Waals surface area contributed by atoms with Gasteiger partial charge in [-0.15, -0.1) is 0 Å². The van der Waals surface area contributed by atoms with Crippen LogP contribution in [0.25, 0.3) is 10.8 Å². The molecule has 0 radical (unpaired) electrons. The molecule has 0 bridgehead atoms. The van der Waals surface area contributed by atoms with Crippen molar-refractivity contribution in [3.63, 3.8) is 0 Å². The van der Waals surface area contributed by atoms with Gasteiger partial charge in [0.05, 0.1) is 18.2 Å². The molecule has 0 amide bonds. The van der Waals surface area contributed by atoms with Gasteiger partial charge in [0.2, 0.25) is 0 Å². The molecule has 6 heteroatoms. The number of phenols is 1. The van der Waals surface area contributed by atoms with Crippen molar-refractivity contribution in [3.8, 4) is 5.75 Å². The molecule has 0 atom stereocenters. The predicted molar refractivity (Wildman–Crippen MR) is 62.0 cm³/mol. The number of hydrogen-bond donors (Lipinski definition) is 1. The van der Waals surface area contributed by atoms with Crippen LogP contribution in [0.3, 0.4) is 0 Å². The zero-order chi connectivity index (χ0) is 14.2. The van der Waals surface area contributed by atoms with E-state index in [2.05, 4.69) is 4.74 Å². The van der Waals surface area contributed by atoms with Gasteiger partial charge in [-0.05, 0) is 29.7 Å². The van der Waals surface area contributed by atoms with Gasteiger partial charge in [0.15, 0.2) is 0 Å². The number of benzene rings is 2. The number of ether oxygens (including phenoxy) is 1. The van der Waals surface area contributed by atoms with Crippen molar-refractivity contribution < 1.29 is 27.8 Å². The van der Waals surface area contributed by atoms with E-state index < -0.39 is 17.7 Å². The minimum atomic E-state index is -4.48. The SMILES string of the molecule is COC(=O)c1cc(O)c2ccc(C(F)(F)F)cc2c1. The number of halogens is 3. The molecule has 3 nitrogen and oxygen atoms in total. The smallest absolute Gasteiger partial charge is 0.416 e. The Morgan fingerprint density at radius 3 is 2.47 bits per heavy atom. The maximum absolute atomic E-state index is 12.6. The molecule has 0 aliphatic carbocycles. The van der Waals surface area contributed by atoms with Crippen LogP contribution in [0.1, 0.15) is 15.9 Å². The number of carbonyl (C=O) groups excluding carboxylic acids is 1. The summed E-state index contributed by atoms with van der Waals surface area (Å²) in [5.41, 5.74) is -0.853. The summed E-state index contributed by atoms with van der Waals surface area (Å²) in [5, 5.41) is 10.1. The lowest BCUT2D eigenvalue weighted by Gasteiger charge is -2.09. The Hall–Kier alpha value is -2.24. The molecule has 0 aromatic heterocycles. The Kier molecular flexibility index (Phi) is 3.09. The second-order valence-electron chi connectivity index (χ2n) is 3.92. The quantitative estimate of drug-likeness (QED) is 0.808. The monoisotopic (exact) mass is 270 g/mol. The fourth-order valence-corrected chi connectivity index (χ4v) is 1.76. The molecular weight excluding hydrogens is 261 g/mol. The second kappa shape index (κ2) is 4.46. The van der Waals surface area contributed by atoms with Crippen molar-refractivity contribution in [2.45, 2.75) is 6.18 Å². The molecule has 0 spiro atoms. The van der Waals surface area contributed by atoms with Crippen molar-refractivity contribution in [1.29, 1.82) is 0 Å². The molecule has 0 aliphatic rings. The van der Waals surface area contributed by atoms with Crippen LogP contribution in [0.2, 0.25) is 0 Å². The minimum absolute atomic E-state index is 0.00757. The normalized spacial score (nSPS) is 11.6. The summed E-state index contributed by atoms with van der Waals surface area (Å²) in [4.78, 5) is 11.3. The molecule has 2 rings (SSSR count). The summed E-state index contributed by atoms with van der Waals surface area (Å²) < 4.78 is 42.2. The predicted octanol–water partition coefficient (Wildman–Crippen LogP) is 3.35. The van der Waals surface area contributed by atoms with Gasteiger partial charge in [-0.1, -0.05) is 6.07 Å². The van der Waals surface area contributed by atoms with Gasteiger partial charge in [-0.2, -0.15) is 13.2 Å². The lowest BCUT2D eigenvalue weighted by molar-refractivity contribution is -0.137. The summed E-state index contributed by atoms with van der Waals surface area (Å²) in [7, 11) is 1.15. The Morgan fingerprint density at radius 2 is 1.89 bits per heavy atom. The Balaban J connectivity index is 2.66. The van der Waals surface area contributed by atoms with Gasteiger partial charge in [0.25, 0.3) is 0 Å². The maximum atomic E-state index is 12.6. The van der Waals surface area contributed by atoms with E-state index in [-0.39, 0.29) is 22.1 Å². The zero-order valence-corrected chi connectivity index (χ0v) is 9.78. The van der Waals surface area contributed by atoms with Crippen molar-refractivity contribution in [2.24, 2.45) is 0 Å². The van der Waals surface area contributed by atoms with E-state index in [1.165, 1.54) is 6.07 Å². The topological polar surface area (TPSA) is 46.5 Å². The first-order valence-corrected chi connectivity index (χ1v) is 5.25. The average molecular weight is 270 g/mol. The number of rotatable bonds is 1. The molecule has 0 aliphatic heterocycles. The van der Waals surface area contributed by atoms with Gasteiger partial charge in [0, 0.05) is 5.39 Å². The van der Waals surface area contributed by atoms with Crippen molar-refractivity contribution in [1.82, 2.24) is 0 Å². The number of alkyl halides is 3. The number of hydrogen-bond acceptors (Lipinski definition) is 3. The molecule has 0 saturated heterocycles. The molecule has 0 saturated carbocycles. The van der Waals surface area contributed by atoms with Crippen LogP contribution < -0.4 is 0 Å². The summed E-state index contributed by atoms with van der Waals surface area (Å²) in [6, 6.07) is 5.31. The van der Waals surface area contributed by atoms with E-state index in [1.807, 2.05) is 0 Å². The average Bonchev–Trinajstić information content (AvgIpc) is 2.36. The molecule has 1 N–H and O–H groups in total. The molecular formula is C13H9F3O3. The van der Waals surface area contributed by atoms with E-state index in [0.717, 1.165) is 31.4 Å². The lowest BCUT2D eigenvalue weighted by Crippen LogP contribution is -2.05. The standard InChI is InChI=1S/C13H9F3O3/c1-19-12(18)8-4-7-5-9(13(14,15)16)2-3-10(7)11(17)6-8/h2-6,17H,1H3. The zero-order valence-electron chi connectivity index (χ0n) is 9.78. The molecule has 100 valence electrons. The first kappa shape index (κ1) is 13.2. The lowest BCUT2D eigenvalue weighted by atomic mass is 10.0. The third-order valence-corrected chi connectivity index (χ3v) is 2.68. The van der Waals surface area contributed by atoms with Crippen molar-refractivity contribution >= 4 is 16.7 Å². The summed E-state index contributed by atoms with van der Waals surface area (Å²) >= 11 is 0. The number of phenolic OH excluding ortho intramolecular Hbond substituents is 1. The minimum Gasteiger partial charge on any atom is -0.507 e. The fraction of sp³-hybridized carbons (Fsp3) is 0.154. The van der Waals surface area contributed by atoms with Gasteiger partial charge >= 0.3 is 12.1 Å². The third kappa shape index (κ3) is 2.47. The van der Waals surface area contributed by atoms with Crippen LogP contribution in [-0.4, -0.2) is 18.2 Å². The first-order chi connectivity index (χ1) is 8.82. The van der Waals surface area contributed by atoms with E-state index >= 15 is 0 Å². The van der Waals surface area contributed by atoms with Crippen molar-refractivity contribution in [2.75, 3.05) is 7.11 Å². The largest absolute Gasteiger partial charge is 0.507 e. The Bertz CT molecular complexity index is 647. The highest BCUT2D eigenvalue weighted by Crippen LogP contribution is 2.34. The van der Waals surface area contributed by atoms with Crippen molar-refractivity contribution in [3.05, 3.63) is 41.5 Å². The van der Waals surface area contributed by atoms with Crippen LogP contribution in [0.15, 0.2) is 30.3 Å². The van der Waals surface area contributed by atoms with Gasteiger partial charge in [-0.25, -0.2) is 4.79 Å². The second-order valence-corrected chi connectivity index (χ2v) is 3.92. The van der Waals surface area contributed by atoms with Gasteiger partial charge < -0.3 is 9.84 Å². The van der Waals surface area contributed by atoms with Crippen LogP contribution in [0.5, 0.6) is 5.75 Å². The van der Waals surface area contributed by atoms with E-state index in [1.54, 1.807) is 0 Å². The summed E-state index contributed by atoms with van der Waals surface area (Å²) in [5.74, 6) is -0.999. The Labute approximate surface area is 106 Å². The molecule has 19 heavy (non-hydrogen) atoms. The summed E-state index contributed by atoms with van der Waals surface area (Å²) in [6.07, 6.45) is -4.48. The van der Waals surface area contributed by atoms with E-state index in [0.29, 0.717) is 0 Å². The highest BCUT2D eigenvalue weighted by atomic mass is 19.4. The van der Waals surface area contributed by atoms with Crippen LogP contribution in [0.4, 0.5) is 13.2 Å². The molecule has 0 heterocycles. The highest BCUT2D eigenvalue weighted by Gasteiger charge is 2.30. The molecule has 2 aromatic carbocycles. The first-order valence-electron chi connectivity index (χ1n) is 5.25.